The lowest BCUT2D eigenvalue weighted by molar-refractivity contribution is -0.118. The summed E-state index contributed by atoms with van der Waals surface area (Å²) in [5.74, 6) is -0.453. The zero-order valence-corrected chi connectivity index (χ0v) is 17.1. The van der Waals surface area contributed by atoms with Crippen LogP contribution in [0.15, 0.2) is 40.8 Å². The van der Waals surface area contributed by atoms with E-state index >= 15 is 0 Å². The highest BCUT2D eigenvalue weighted by Crippen LogP contribution is 2.25. The molecule has 1 atom stereocenters. The van der Waals surface area contributed by atoms with Gasteiger partial charge in [0.1, 0.15) is 16.6 Å². The van der Waals surface area contributed by atoms with Gasteiger partial charge in [0.15, 0.2) is 0 Å². The lowest BCUT2D eigenvalue weighted by Gasteiger charge is -2.16. The van der Waals surface area contributed by atoms with Crippen LogP contribution in [-0.2, 0) is 9.53 Å². The SMILES string of the molecule is CCOC(=O)c1csc2ncn(C(C)C(=O)Nc3ccccc3OCC)c(=O)c12. The predicted molar refractivity (Wildman–Crippen MR) is 111 cm³/mol. The summed E-state index contributed by atoms with van der Waals surface area (Å²) in [4.78, 5) is 42.6. The molecule has 3 aromatic rings. The lowest BCUT2D eigenvalue weighted by Crippen LogP contribution is -2.32. The third-order valence-electron chi connectivity index (χ3n) is 4.26. The Bertz CT molecular complexity index is 1100. The van der Waals surface area contributed by atoms with Crippen molar-refractivity contribution in [3.63, 3.8) is 0 Å². The van der Waals surface area contributed by atoms with Gasteiger partial charge in [0, 0.05) is 5.38 Å². The summed E-state index contributed by atoms with van der Waals surface area (Å²) in [6.45, 7) is 5.78. The molecule has 0 aliphatic carbocycles. The van der Waals surface area contributed by atoms with Crippen molar-refractivity contribution in [2.45, 2.75) is 26.8 Å². The molecule has 3 rings (SSSR count). The Morgan fingerprint density at radius 1 is 1.24 bits per heavy atom. The molecule has 0 saturated heterocycles. The number of anilines is 1. The molecule has 1 aromatic carbocycles. The van der Waals surface area contributed by atoms with Gasteiger partial charge in [-0.1, -0.05) is 12.1 Å². The van der Waals surface area contributed by atoms with Crippen LogP contribution in [0.2, 0.25) is 0 Å². The van der Waals surface area contributed by atoms with Crippen molar-refractivity contribution >= 4 is 39.1 Å². The maximum atomic E-state index is 13.0. The number of ether oxygens (including phenoxy) is 2. The highest BCUT2D eigenvalue weighted by Gasteiger charge is 2.23. The zero-order valence-electron chi connectivity index (χ0n) is 16.3. The molecule has 0 bridgehead atoms. The minimum atomic E-state index is -0.857. The van der Waals surface area contributed by atoms with Gasteiger partial charge in [-0.2, -0.15) is 0 Å². The molecule has 0 fully saturated rings. The van der Waals surface area contributed by atoms with Gasteiger partial charge in [0.2, 0.25) is 5.91 Å². The summed E-state index contributed by atoms with van der Waals surface area (Å²) in [5, 5.41) is 4.48. The number of nitrogens with one attached hydrogen (secondary N) is 1. The quantitative estimate of drug-likeness (QED) is 0.595. The topological polar surface area (TPSA) is 99.5 Å². The van der Waals surface area contributed by atoms with E-state index in [4.69, 9.17) is 9.47 Å². The minimum Gasteiger partial charge on any atom is -0.492 e. The van der Waals surface area contributed by atoms with Crippen LogP contribution in [0, 0.1) is 0 Å². The van der Waals surface area contributed by atoms with E-state index in [0.717, 1.165) is 0 Å². The fourth-order valence-electron chi connectivity index (χ4n) is 2.80. The van der Waals surface area contributed by atoms with Gasteiger partial charge in [-0.05, 0) is 32.9 Å². The van der Waals surface area contributed by atoms with Crippen molar-refractivity contribution in [3.8, 4) is 5.75 Å². The summed E-state index contributed by atoms with van der Waals surface area (Å²) in [7, 11) is 0. The second kappa shape index (κ2) is 8.87. The third kappa shape index (κ3) is 4.14. The van der Waals surface area contributed by atoms with Crippen LogP contribution in [0.1, 0.15) is 37.2 Å². The normalized spacial score (nSPS) is 11.8. The lowest BCUT2D eigenvalue weighted by atomic mass is 10.2. The Morgan fingerprint density at radius 2 is 2.00 bits per heavy atom. The average Bonchev–Trinajstić information content (AvgIpc) is 3.15. The van der Waals surface area contributed by atoms with Gasteiger partial charge in [-0.3, -0.25) is 14.2 Å². The molecule has 1 N–H and O–H groups in total. The molecule has 0 spiro atoms. The molecular weight excluding hydrogens is 394 g/mol. The fourth-order valence-corrected chi connectivity index (χ4v) is 3.66. The summed E-state index contributed by atoms with van der Waals surface area (Å²) in [6.07, 6.45) is 1.31. The van der Waals surface area contributed by atoms with Gasteiger partial charge >= 0.3 is 5.97 Å². The van der Waals surface area contributed by atoms with Gasteiger partial charge < -0.3 is 14.8 Å². The van der Waals surface area contributed by atoms with E-state index in [1.165, 1.54) is 22.2 Å². The number of para-hydroxylation sites is 2. The molecule has 0 saturated carbocycles. The Kier molecular flexibility index (Phi) is 6.28. The summed E-state index contributed by atoms with van der Waals surface area (Å²) < 4.78 is 11.7. The van der Waals surface area contributed by atoms with Crippen LogP contribution in [0.3, 0.4) is 0 Å². The summed E-state index contributed by atoms with van der Waals surface area (Å²) in [6, 6.07) is 6.20. The van der Waals surface area contributed by atoms with Gasteiger partial charge in [0.25, 0.3) is 5.56 Å². The van der Waals surface area contributed by atoms with E-state index in [-0.39, 0.29) is 17.6 Å². The number of thiophene rings is 1. The van der Waals surface area contributed by atoms with Crippen molar-refractivity contribution < 1.29 is 19.1 Å². The first kappa shape index (κ1) is 20.5. The van der Waals surface area contributed by atoms with Gasteiger partial charge in [-0.15, -0.1) is 11.3 Å². The Labute approximate surface area is 171 Å². The van der Waals surface area contributed by atoms with E-state index in [1.54, 1.807) is 43.5 Å². The number of benzene rings is 1. The van der Waals surface area contributed by atoms with Crippen LogP contribution in [-0.4, -0.2) is 34.6 Å². The second-order valence-electron chi connectivity index (χ2n) is 6.10. The number of rotatable bonds is 7. The number of carbonyl (C=O) groups is 2. The standard InChI is InChI=1S/C20H21N3O5S/c1-4-27-15-9-7-6-8-14(15)22-17(24)12(3)23-11-21-18-16(19(23)25)13(10-29-18)20(26)28-5-2/h6-12H,4-5H2,1-3H3,(H,22,24). The van der Waals surface area contributed by atoms with Crippen LogP contribution < -0.4 is 15.6 Å². The smallest absolute Gasteiger partial charge is 0.339 e. The van der Waals surface area contributed by atoms with Crippen molar-refractivity contribution in [3.05, 3.63) is 51.9 Å². The molecule has 0 aliphatic heterocycles. The van der Waals surface area contributed by atoms with E-state index in [9.17, 15) is 14.4 Å². The van der Waals surface area contributed by atoms with Crippen molar-refractivity contribution in [2.75, 3.05) is 18.5 Å². The molecule has 1 unspecified atom stereocenters. The largest absolute Gasteiger partial charge is 0.492 e. The van der Waals surface area contributed by atoms with Crippen molar-refractivity contribution in [2.24, 2.45) is 0 Å². The van der Waals surface area contributed by atoms with Gasteiger partial charge in [-0.25, -0.2) is 9.78 Å². The van der Waals surface area contributed by atoms with E-state index in [2.05, 4.69) is 10.3 Å². The molecule has 152 valence electrons. The van der Waals surface area contributed by atoms with Crippen molar-refractivity contribution in [1.29, 1.82) is 0 Å². The number of hydrogen-bond acceptors (Lipinski definition) is 7. The monoisotopic (exact) mass is 415 g/mol. The Hall–Kier alpha value is -3.20. The Morgan fingerprint density at radius 3 is 2.72 bits per heavy atom. The number of esters is 1. The van der Waals surface area contributed by atoms with E-state index in [1.807, 2.05) is 6.92 Å². The number of hydrogen-bond donors (Lipinski definition) is 1. The Balaban J connectivity index is 1.93. The predicted octanol–water partition coefficient (Wildman–Crippen LogP) is 3.23. The van der Waals surface area contributed by atoms with Crippen molar-refractivity contribution in [1.82, 2.24) is 9.55 Å². The molecule has 0 aliphatic rings. The van der Waals surface area contributed by atoms with Crippen LogP contribution in [0.25, 0.3) is 10.2 Å². The molecule has 0 radical (unpaired) electrons. The molecule has 29 heavy (non-hydrogen) atoms. The van der Waals surface area contributed by atoms with Crippen LogP contribution in [0.4, 0.5) is 5.69 Å². The molecule has 9 heteroatoms. The summed E-state index contributed by atoms with van der Waals surface area (Å²) in [5.41, 5.74) is 0.198. The zero-order chi connectivity index (χ0) is 21.0. The minimum absolute atomic E-state index is 0.158. The first-order valence-corrected chi connectivity index (χ1v) is 10.0. The third-order valence-corrected chi connectivity index (χ3v) is 5.14. The van der Waals surface area contributed by atoms with Gasteiger partial charge in [0.05, 0.1) is 36.2 Å². The summed E-state index contributed by atoms with van der Waals surface area (Å²) >= 11 is 1.18. The van der Waals surface area contributed by atoms with E-state index < -0.39 is 23.5 Å². The second-order valence-corrected chi connectivity index (χ2v) is 6.96. The first-order valence-electron chi connectivity index (χ1n) is 9.16. The first-order chi connectivity index (χ1) is 14.0. The maximum absolute atomic E-state index is 13.0. The average molecular weight is 415 g/mol. The highest BCUT2D eigenvalue weighted by atomic mass is 32.1. The van der Waals surface area contributed by atoms with Crippen LogP contribution in [0.5, 0.6) is 5.75 Å². The number of aromatic nitrogens is 2. The molecule has 2 aromatic heterocycles. The van der Waals surface area contributed by atoms with Crippen LogP contribution >= 0.6 is 11.3 Å². The molecule has 8 nitrogen and oxygen atoms in total. The number of nitrogens with zero attached hydrogens (tertiary/aromatic N) is 2. The molecule has 1 amide bonds. The number of amides is 1. The highest BCUT2D eigenvalue weighted by molar-refractivity contribution is 7.17. The molecular formula is C20H21N3O5S. The number of fused-ring (bicyclic) bond motifs is 1. The maximum Gasteiger partial charge on any atom is 0.339 e. The number of carbonyl (C=O) groups excluding carboxylic acids is 2. The molecule has 2 heterocycles. The van der Waals surface area contributed by atoms with E-state index in [0.29, 0.717) is 22.9 Å². The fraction of sp³-hybridized carbons (Fsp3) is 0.300.